The molecule has 0 saturated carbocycles. The zero-order chi connectivity index (χ0) is 28.3. The number of nitrogens with one attached hydrogen (secondary N) is 1. The Balaban J connectivity index is 1.52. The Morgan fingerprint density at radius 2 is 1.59 bits per heavy atom. The second-order valence-electron chi connectivity index (χ2n) is 10.5. The molecule has 1 saturated heterocycles. The van der Waals surface area contributed by atoms with Crippen molar-refractivity contribution in [2.45, 2.75) is 17.5 Å². The molecule has 0 aliphatic carbocycles. The number of anilines is 2. The zero-order valence-corrected chi connectivity index (χ0v) is 22.8. The highest BCUT2D eigenvalue weighted by Crippen LogP contribution is 2.58. The third kappa shape index (κ3) is 3.60. The number of ketones is 2. The predicted octanol–water partition coefficient (Wildman–Crippen LogP) is 6.20. The van der Waals surface area contributed by atoms with Crippen LogP contribution in [0.15, 0.2) is 103 Å². The number of amides is 1. The molecule has 6 nitrogen and oxygen atoms in total. The molecule has 41 heavy (non-hydrogen) atoms. The maximum absolute atomic E-state index is 14.8. The molecule has 4 aromatic carbocycles. The van der Waals surface area contributed by atoms with E-state index in [-0.39, 0.29) is 17.5 Å². The lowest BCUT2D eigenvalue weighted by Crippen LogP contribution is -2.51. The summed E-state index contributed by atoms with van der Waals surface area (Å²) in [5, 5.41) is 3.60. The Labute approximate surface area is 242 Å². The summed E-state index contributed by atoms with van der Waals surface area (Å²) in [6.07, 6.45) is 3.87. The highest BCUT2D eigenvalue weighted by molar-refractivity contribution is 6.31. The minimum atomic E-state index is -1.36. The van der Waals surface area contributed by atoms with Gasteiger partial charge in [0.05, 0.1) is 19.1 Å². The molecule has 4 atom stereocenters. The summed E-state index contributed by atoms with van der Waals surface area (Å²) in [5.41, 5.74) is 2.43. The van der Waals surface area contributed by atoms with Gasteiger partial charge in [-0.2, -0.15) is 0 Å². The fraction of sp³-hybridized carbons (Fsp3) is 0.147. The second kappa shape index (κ2) is 9.46. The van der Waals surface area contributed by atoms with Gasteiger partial charge in [-0.3, -0.25) is 14.4 Å². The number of hydrogen-bond donors (Lipinski definition) is 1. The molecule has 202 valence electrons. The van der Waals surface area contributed by atoms with Crippen LogP contribution in [0.4, 0.5) is 11.4 Å². The van der Waals surface area contributed by atoms with E-state index in [4.69, 9.17) is 16.3 Å². The number of carbonyl (C=O) groups excluding carboxylic acids is 3. The van der Waals surface area contributed by atoms with Crippen molar-refractivity contribution in [2.24, 2.45) is 5.92 Å². The lowest BCUT2D eigenvalue weighted by atomic mass is 9.64. The van der Waals surface area contributed by atoms with E-state index >= 15 is 0 Å². The second-order valence-corrected chi connectivity index (χ2v) is 11.0. The predicted molar refractivity (Wildman–Crippen MR) is 159 cm³/mol. The average molecular weight is 561 g/mol. The van der Waals surface area contributed by atoms with E-state index in [0.29, 0.717) is 33.1 Å². The van der Waals surface area contributed by atoms with Crippen molar-refractivity contribution in [3.63, 3.8) is 0 Å². The van der Waals surface area contributed by atoms with Gasteiger partial charge < -0.3 is 15.0 Å². The van der Waals surface area contributed by atoms with Gasteiger partial charge in [0.1, 0.15) is 17.2 Å². The van der Waals surface area contributed by atoms with E-state index < -0.39 is 23.4 Å². The maximum atomic E-state index is 14.8. The molecular weight excluding hydrogens is 536 g/mol. The van der Waals surface area contributed by atoms with Crippen LogP contribution in [-0.4, -0.2) is 36.7 Å². The number of carbonyl (C=O) groups is 3. The van der Waals surface area contributed by atoms with Crippen LogP contribution in [0.2, 0.25) is 5.02 Å². The summed E-state index contributed by atoms with van der Waals surface area (Å²) in [6.45, 7) is 0. The van der Waals surface area contributed by atoms with E-state index in [1.807, 2.05) is 59.5 Å². The van der Waals surface area contributed by atoms with Gasteiger partial charge in [0.15, 0.2) is 11.6 Å². The first kappa shape index (κ1) is 25.3. The Kier molecular flexibility index (Phi) is 5.84. The van der Waals surface area contributed by atoms with Crippen molar-refractivity contribution >= 4 is 46.5 Å². The largest absolute Gasteiger partial charge is 0.497 e. The topological polar surface area (TPSA) is 75.7 Å². The maximum Gasteiger partial charge on any atom is 0.238 e. The van der Waals surface area contributed by atoms with E-state index in [9.17, 15) is 14.4 Å². The van der Waals surface area contributed by atoms with E-state index in [0.717, 1.165) is 11.3 Å². The Morgan fingerprint density at radius 1 is 0.878 bits per heavy atom. The number of para-hydroxylation sites is 1. The first-order valence-corrected chi connectivity index (χ1v) is 13.8. The van der Waals surface area contributed by atoms with Crippen LogP contribution in [0.3, 0.4) is 0 Å². The summed E-state index contributed by atoms with van der Waals surface area (Å²) in [7, 11) is 1.56. The van der Waals surface area contributed by atoms with Crippen molar-refractivity contribution in [3.05, 3.63) is 130 Å². The van der Waals surface area contributed by atoms with E-state index in [1.165, 1.54) is 0 Å². The number of Topliss-reactive ketones (excluding diaryl/α,β-unsaturated/α-hetero) is 2. The Bertz CT molecular complexity index is 1750. The standard InChI is InChI=1S/C34H25ClN2O4/c1-41-24-15-11-21(12-16-24)31(38)29-30(32(39)20-7-3-2-4-8-20)37-27-17-14-23(35)19-22(27)13-18-28(37)34(29)25-9-5-6-10-26(25)36-33(34)40/h2-19,28-30H,1H3,(H,36,40)/t28-,29+,30+,34+/m1/s1. The van der Waals surface area contributed by atoms with Gasteiger partial charge in [-0.15, -0.1) is 0 Å². The fourth-order valence-electron chi connectivity index (χ4n) is 6.86. The van der Waals surface area contributed by atoms with Gasteiger partial charge >= 0.3 is 0 Å². The summed E-state index contributed by atoms with van der Waals surface area (Å²) < 4.78 is 5.32. The summed E-state index contributed by atoms with van der Waals surface area (Å²) >= 11 is 6.36. The highest BCUT2D eigenvalue weighted by Gasteiger charge is 2.70. The van der Waals surface area contributed by atoms with Crippen LogP contribution in [0.5, 0.6) is 5.75 Å². The van der Waals surface area contributed by atoms with Crippen LogP contribution in [-0.2, 0) is 10.2 Å². The monoisotopic (exact) mass is 560 g/mol. The van der Waals surface area contributed by atoms with Crippen LogP contribution >= 0.6 is 11.6 Å². The third-order valence-electron chi connectivity index (χ3n) is 8.58. The molecule has 3 aliphatic rings. The van der Waals surface area contributed by atoms with Crippen LogP contribution in [0.1, 0.15) is 31.8 Å². The van der Waals surface area contributed by atoms with Crippen molar-refractivity contribution < 1.29 is 19.1 Å². The average Bonchev–Trinajstić information content (AvgIpc) is 3.49. The first-order chi connectivity index (χ1) is 19.9. The molecule has 0 radical (unpaired) electrons. The molecule has 1 amide bonds. The van der Waals surface area contributed by atoms with Gasteiger partial charge in [0.2, 0.25) is 5.91 Å². The molecule has 3 aliphatic heterocycles. The normalized spacial score (nSPS) is 23.5. The molecule has 0 unspecified atom stereocenters. The van der Waals surface area contributed by atoms with Gasteiger partial charge in [-0.05, 0) is 59.7 Å². The number of benzene rings is 4. The molecule has 0 bridgehead atoms. The molecule has 7 rings (SSSR count). The molecule has 3 heterocycles. The number of hydrogen-bond acceptors (Lipinski definition) is 5. The summed E-state index contributed by atoms with van der Waals surface area (Å²) in [4.78, 5) is 45.7. The molecule has 1 fully saturated rings. The number of fused-ring (bicyclic) bond motifs is 6. The smallest absolute Gasteiger partial charge is 0.238 e. The van der Waals surface area contributed by atoms with Gasteiger partial charge in [-0.25, -0.2) is 0 Å². The number of nitrogens with zero attached hydrogens (tertiary/aromatic N) is 1. The summed E-state index contributed by atoms with van der Waals surface area (Å²) in [5.74, 6) is -1.25. The first-order valence-electron chi connectivity index (χ1n) is 13.4. The third-order valence-corrected chi connectivity index (χ3v) is 8.81. The summed E-state index contributed by atoms with van der Waals surface area (Å²) in [6, 6.07) is 27.1. The van der Waals surface area contributed by atoms with Crippen molar-refractivity contribution in [1.82, 2.24) is 0 Å². The van der Waals surface area contributed by atoms with Crippen LogP contribution in [0.25, 0.3) is 6.08 Å². The van der Waals surface area contributed by atoms with Gasteiger partial charge in [-0.1, -0.05) is 72.3 Å². The van der Waals surface area contributed by atoms with E-state index in [2.05, 4.69) is 5.32 Å². The fourth-order valence-corrected chi connectivity index (χ4v) is 7.04. The van der Waals surface area contributed by atoms with Crippen LogP contribution in [0, 0.1) is 5.92 Å². The number of ether oxygens (including phenoxy) is 1. The number of rotatable bonds is 5. The minimum absolute atomic E-state index is 0.229. The Hall–Kier alpha value is -4.68. The molecular formula is C34H25ClN2O4. The van der Waals surface area contributed by atoms with E-state index in [1.54, 1.807) is 61.7 Å². The van der Waals surface area contributed by atoms with Crippen molar-refractivity contribution in [2.75, 3.05) is 17.3 Å². The lowest BCUT2D eigenvalue weighted by molar-refractivity contribution is -0.121. The SMILES string of the molecule is COc1ccc(C(=O)[C@@H]2[C@@H](C(=O)c3ccccc3)N3c4ccc(Cl)cc4C=C[C@@H]3[C@]23C(=O)Nc2ccccc23)cc1. The molecule has 1 spiro atoms. The highest BCUT2D eigenvalue weighted by atomic mass is 35.5. The van der Waals surface area contributed by atoms with Gasteiger partial charge in [0, 0.05) is 27.5 Å². The van der Waals surface area contributed by atoms with Crippen molar-refractivity contribution in [3.8, 4) is 5.75 Å². The molecule has 1 N–H and O–H groups in total. The molecule has 0 aromatic heterocycles. The quantitative estimate of drug-likeness (QED) is 0.294. The number of methoxy groups -OCH3 is 1. The van der Waals surface area contributed by atoms with Gasteiger partial charge in [0.25, 0.3) is 0 Å². The molecule has 7 heteroatoms. The van der Waals surface area contributed by atoms with Crippen molar-refractivity contribution in [1.29, 1.82) is 0 Å². The van der Waals surface area contributed by atoms with Crippen LogP contribution < -0.4 is 15.0 Å². The molecule has 4 aromatic rings. The zero-order valence-electron chi connectivity index (χ0n) is 22.1. The minimum Gasteiger partial charge on any atom is -0.497 e. The number of halogens is 1. The Morgan fingerprint density at radius 3 is 2.34 bits per heavy atom. The lowest BCUT2D eigenvalue weighted by Gasteiger charge is -2.37.